The lowest BCUT2D eigenvalue weighted by Gasteiger charge is -2.36. The first-order valence-corrected chi connectivity index (χ1v) is 6.22. The van der Waals surface area contributed by atoms with Gasteiger partial charge in [0.05, 0.1) is 11.1 Å². The van der Waals surface area contributed by atoms with E-state index in [4.69, 9.17) is 5.11 Å². The number of hydrogen-bond donors (Lipinski definition) is 2. The number of halogens is 1. The van der Waals surface area contributed by atoms with Gasteiger partial charge in [0, 0.05) is 6.42 Å². The number of aliphatic carboxylic acids is 1. The van der Waals surface area contributed by atoms with Crippen molar-refractivity contribution in [3.63, 3.8) is 0 Å². The average Bonchev–Trinajstić information content (AvgIpc) is 2.27. The van der Waals surface area contributed by atoms with Crippen molar-refractivity contribution in [1.82, 2.24) is 0 Å². The molecular formula is C14H16FNO3. The number of hydrogen-bond acceptors (Lipinski definition) is 2. The maximum absolute atomic E-state index is 13.6. The molecule has 0 unspecified atom stereocenters. The summed E-state index contributed by atoms with van der Waals surface area (Å²) in [7, 11) is 0. The number of carbonyl (C=O) groups excluding carboxylic acids is 1. The van der Waals surface area contributed by atoms with Crippen LogP contribution in [0, 0.1) is 18.2 Å². The van der Waals surface area contributed by atoms with Gasteiger partial charge < -0.3 is 10.4 Å². The minimum Gasteiger partial charge on any atom is -0.481 e. The molecule has 0 bridgehead atoms. The molecule has 0 atom stereocenters. The van der Waals surface area contributed by atoms with Crippen LogP contribution in [0.15, 0.2) is 18.2 Å². The van der Waals surface area contributed by atoms with Crippen LogP contribution in [0.2, 0.25) is 0 Å². The number of rotatable bonds is 4. The summed E-state index contributed by atoms with van der Waals surface area (Å²) in [4.78, 5) is 23.0. The van der Waals surface area contributed by atoms with Crippen molar-refractivity contribution in [1.29, 1.82) is 0 Å². The molecule has 1 aromatic rings. The minimum absolute atomic E-state index is 0.0930. The van der Waals surface area contributed by atoms with E-state index in [1.807, 2.05) is 0 Å². The normalized spacial score (nSPS) is 16.5. The Balaban J connectivity index is 2.03. The van der Waals surface area contributed by atoms with Crippen molar-refractivity contribution in [3.05, 3.63) is 29.6 Å². The summed E-state index contributed by atoms with van der Waals surface area (Å²) < 4.78 is 13.6. The van der Waals surface area contributed by atoms with Gasteiger partial charge in [-0.05, 0) is 37.5 Å². The molecule has 0 saturated heterocycles. The summed E-state index contributed by atoms with van der Waals surface area (Å²) in [5.41, 5.74) is -0.0995. The Morgan fingerprint density at radius 2 is 2.11 bits per heavy atom. The molecule has 102 valence electrons. The molecule has 1 saturated carbocycles. The van der Waals surface area contributed by atoms with E-state index < -0.39 is 23.1 Å². The molecular weight excluding hydrogens is 249 g/mol. The van der Waals surface area contributed by atoms with E-state index in [1.165, 1.54) is 12.1 Å². The van der Waals surface area contributed by atoms with Gasteiger partial charge in [-0.25, -0.2) is 4.39 Å². The first-order chi connectivity index (χ1) is 8.93. The molecule has 0 aliphatic heterocycles. The summed E-state index contributed by atoms with van der Waals surface area (Å²) in [6, 6.07) is 4.50. The van der Waals surface area contributed by atoms with Crippen LogP contribution in [0.5, 0.6) is 0 Å². The number of carbonyl (C=O) groups is 2. The summed E-state index contributed by atoms with van der Waals surface area (Å²) in [5.74, 6) is -1.91. The summed E-state index contributed by atoms with van der Waals surface area (Å²) in [6.45, 7) is 1.75. The van der Waals surface area contributed by atoms with Crippen LogP contribution in [0.4, 0.5) is 10.1 Å². The fourth-order valence-electron chi connectivity index (χ4n) is 2.29. The van der Waals surface area contributed by atoms with Crippen molar-refractivity contribution in [3.8, 4) is 0 Å². The fraction of sp³-hybridized carbons (Fsp3) is 0.429. The zero-order valence-corrected chi connectivity index (χ0v) is 10.7. The van der Waals surface area contributed by atoms with E-state index in [0.717, 1.165) is 12.0 Å². The van der Waals surface area contributed by atoms with E-state index in [-0.39, 0.29) is 12.1 Å². The smallest absolute Gasteiger partial charge is 0.310 e. The second-order valence-corrected chi connectivity index (χ2v) is 5.15. The Morgan fingerprint density at radius 1 is 1.42 bits per heavy atom. The summed E-state index contributed by atoms with van der Waals surface area (Å²) >= 11 is 0. The first kappa shape index (κ1) is 13.5. The standard InChI is InChI=1S/C14H16FNO3/c1-9-3-4-11(10(15)7-9)16-12(17)8-14(13(18)19)5-2-6-14/h3-4,7H,2,5-6,8H2,1H3,(H,16,17)(H,18,19). The number of carboxylic acids is 1. The van der Waals surface area contributed by atoms with Gasteiger partial charge in [-0.2, -0.15) is 0 Å². The lowest BCUT2D eigenvalue weighted by Crippen LogP contribution is -2.41. The Morgan fingerprint density at radius 3 is 2.58 bits per heavy atom. The lowest BCUT2D eigenvalue weighted by atomic mass is 9.66. The number of aryl methyl sites for hydroxylation is 1. The van der Waals surface area contributed by atoms with Crippen LogP contribution >= 0.6 is 0 Å². The van der Waals surface area contributed by atoms with Gasteiger partial charge in [-0.15, -0.1) is 0 Å². The molecule has 1 aliphatic carbocycles. The summed E-state index contributed by atoms with van der Waals surface area (Å²) in [5, 5.41) is 11.6. The topological polar surface area (TPSA) is 66.4 Å². The van der Waals surface area contributed by atoms with Crippen LogP contribution < -0.4 is 5.32 Å². The van der Waals surface area contributed by atoms with E-state index in [9.17, 15) is 14.0 Å². The molecule has 1 fully saturated rings. The number of benzene rings is 1. The van der Waals surface area contributed by atoms with Crippen LogP contribution in [0.1, 0.15) is 31.2 Å². The molecule has 2 N–H and O–H groups in total. The molecule has 5 heteroatoms. The predicted octanol–water partition coefficient (Wildman–Crippen LogP) is 2.72. The van der Waals surface area contributed by atoms with Crippen molar-refractivity contribution >= 4 is 17.6 Å². The van der Waals surface area contributed by atoms with Crippen LogP contribution in [-0.4, -0.2) is 17.0 Å². The molecule has 4 nitrogen and oxygen atoms in total. The Bertz CT molecular complexity index is 523. The molecule has 2 rings (SSSR count). The molecule has 19 heavy (non-hydrogen) atoms. The largest absolute Gasteiger partial charge is 0.481 e. The van der Waals surface area contributed by atoms with Crippen LogP contribution in [0.25, 0.3) is 0 Å². The highest BCUT2D eigenvalue weighted by Gasteiger charge is 2.45. The molecule has 1 aliphatic rings. The number of amides is 1. The SMILES string of the molecule is Cc1ccc(NC(=O)CC2(C(=O)O)CCC2)c(F)c1. The maximum atomic E-state index is 13.6. The first-order valence-electron chi connectivity index (χ1n) is 6.22. The molecule has 1 amide bonds. The highest BCUT2D eigenvalue weighted by molar-refractivity contribution is 5.94. The quantitative estimate of drug-likeness (QED) is 0.879. The third-order valence-corrected chi connectivity index (χ3v) is 3.66. The van der Waals surface area contributed by atoms with Crippen molar-refractivity contribution < 1.29 is 19.1 Å². The van der Waals surface area contributed by atoms with Gasteiger partial charge >= 0.3 is 5.97 Å². The van der Waals surface area contributed by atoms with Crippen LogP contribution in [-0.2, 0) is 9.59 Å². The van der Waals surface area contributed by atoms with Crippen LogP contribution in [0.3, 0.4) is 0 Å². The third kappa shape index (κ3) is 2.75. The Hall–Kier alpha value is -1.91. The Kier molecular flexibility index (Phi) is 3.55. The molecule has 0 radical (unpaired) electrons. The van der Waals surface area contributed by atoms with Gasteiger partial charge in [0.15, 0.2) is 0 Å². The van der Waals surface area contributed by atoms with E-state index >= 15 is 0 Å². The van der Waals surface area contributed by atoms with Crippen molar-refractivity contribution in [2.75, 3.05) is 5.32 Å². The Labute approximate surface area is 110 Å². The zero-order valence-electron chi connectivity index (χ0n) is 10.7. The zero-order chi connectivity index (χ0) is 14.0. The van der Waals surface area contributed by atoms with E-state index in [1.54, 1.807) is 13.0 Å². The van der Waals surface area contributed by atoms with Gasteiger partial charge in [-0.1, -0.05) is 12.5 Å². The molecule has 1 aromatic carbocycles. The molecule has 0 spiro atoms. The van der Waals surface area contributed by atoms with Gasteiger partial charge in [0.2, 0.25) is 5.91 Å². The van der Waals surface area contributed by atoms with Crippen molar-refractivity contribution in [2.24, 2.45) is 5.41 Å². The minimum atomic E-state index is -0.953. The second-order valence-electron chi connectivity index (χ2n) is 5.15. The number of carboxylic acid groups (broad SMARTS) is 1. The van der Waals surface area contributed by atoms with Crippen molar-refractivity contribution in [2.45, 2.75) is 32.6 Å². The summed E-state index contributed by atoms with van der Waals surface area (Å²) in [6.07, 6.45) is 1.73. The van der Waals surface area contributed by atoms with E-state index in [0.29, 0.717) is 12.8 Å². The average molecular weight is 265 g/mol. The van der Waals surface area contributed by atoms with Gasteiger partial charge in [-0.3, -0.25) is 9.59 Å². The molecule has 0 heterocycles. The maximum Gasteiger partial charge on any atom is 0.310 e. The number of nitrogens with one attached hydrogen (secondary N) is 1. The monoisotopic (exact) mass is 265 g/mol. The van der Waals surface area contributed by atoms with Gasteiger partial charge in [0.25, 0.3) is 0 Å². The predicted molar refractivity (Wildman–Crippen MR) is 68.3 cm³/mol. The highest BCUT2D eigenvalue weighted by Crippen LogP contribution is 2.44. The highest BCUT2D eigenvalue weighted by atomic mass is 19.1. The molecule has 0 aromatic heterocycles. The van der Waals surface area contributed by atoms with E-state index in [2.05, 4.69) is 5.32 Å². The number of anilines is 1. The van der Waals surface area contributed by atoms with Gasteiger partial charge in [0.1, 0.15) is 5.82 Å². The third-order valence-electron chi connectivity index (χ3n) is 3.66. The fourth-order valence-corrected chi connectivity index (χ4v) is 2.29. The second kappa shape index (κ2) is 4.99. The lowest BCUT2D eigenvalue weighted by molar-refractivity contribution is -0.157.